The first kappa shape index (κ1) is 30.6. The molecule has 2 aliphatic rings. The first-order valence-electron chi connectivity index (χ1n) is 13.9. The molecular weight excluding hydrogens is 456 g/mol. The van der Waals surface area contributed by atoms with Crippen LogP contribution in [0.4, 0.5) is 4.79 Å². The Bertz CT molecular complexity index is 1030. The number of carbonyl (C=O) groups is 1. The zero-order valence-corrected chi connectivity index (χ0v) is 24.8. The van der Waals surface area contributed by atoms with Gasteiger partial charge in [0, 0.05) is 36.8 Å². The smallest absolute Gasteiger partial charge is 0.410 e. The van der Waals surface area contributed by atoms with Crippen LogP contribution in [-0.4, -0.2) is 42.4 Å². The minimum absolute atomic E-state index is 0.236. The van der Waals surface area contributed by atoms with E-state index in [0.29, 0.717) is 13.1 Å². The lowest BCUT2D eigenvalue weighted by molar-refractivity contribution is 0.0195. The fourth-order valence-electron chi connectivity index (χ4n) is 5.30. The molecule has 0 unspecified atom stereocenters. The summed E-state index contributed by atoms with van der Waals surface area (Å²) in [7, 11) is 1.87. The Morgan fingerprint density at radius 2 is 1.78 bits per heavy atom. The van der Waals surface area contributed by atoms with Crippen LogP contribution in [0.2, 0.25) is 0 Å². The van der Waals surface area contributed by atoms with E-state index in [1.807, 2.05) is 38.8 Å². The van der Waals surface area contributed by atoms with Crippen LogP contribution in [0.3, 0.4) is 0 Å². The van der Waals surface area contributed by atoms with E-state index in [-0.39, 0.29) is 11.5 Å². The summed E-state index contributed by atoms with van der Waals surface area (Å²) in [5.41, 5.74) is 7.52. The van der Waals surface area contributed by atoms with Gasteiger partial charge in [-0.25, -0.2) is 4.79 Å². The van der Waals surface area contributed by atoms with Crippen LogP contribution in [0.5, 0.6) is 0 Å². The molecule has 0 bridgehead atoms. The topological polar surface area (TPSA) is 41.9 Å². The summed E-state index contributed by atoms with van der Waals surface area (Å²) in [5, 5.41) is 0. The standard InChI is InChI=1S/C33H50N2O2/c1-11-17-28(26-18-14-12-13-15-19-26)30(25(4)34-10)29(24(2)3)27-20-16-21-35(23-33(8,9)22-27)31(36)37-32(5,6)7/h11,17-18,22H,1-2,12-16,19-21,23H2,3-10H3/b27-22-,28-17-,30-29-,34-25-. The van der Waals surface area contributed by atoms with Crippen molar-refractivity contribution < 1.29 is 9.53 Å². The van der Waals surface area contributed by atoms with Gasteiger partial charge in [-0.05, 0) is 95.4 Å². The first-order valence-corrected chi connectivity index (χ1v) is 13.9. The van der Waals surface area contributed by atoms with E-state index in [0.717, 1.165) is 42.5 Å². The van der Waals surface area contributed by atoms with E-state index in [2.05, 4.69) is 64.1 Å². The third-order valence-electron chi connectivity index (χ3n) is 6.83. The summed E-state index contributed by atoms with van der Waals surface area (Å²) in [6, 6.07) is 0. The molecule has 37 heavy (non-hydrogen) atoms. The molecule has 0 saturated carbocycles. The van der Waals surface area contributed by atoms with Gasteiger partial charge in [0.15, 0.2) is 0 Å². The van der Waals surface area contributed by atoms with Crippen molar-refractivity contribution in [2.24, 2.45) is 10.4 Å². The molecular formula is C33H50N2O2. The van der Waals surface area contributed by atoms with Gasteiger partial charge in [-0.1, -0.05) is 63.3 Å². The van der Waals surface area contributed by atoms with Gasteiger partial charge in [0.2, 0.25) is 0 Å². The van der Waals surface area contributed by atoms with Crippen LogP contribution in [0.1, 0.15) is 93.4 Å². The molecule has 1 heterocycles. The third-order valence-corrected chi connectivity index (χ3v) is 6.83. The van der Waals surface area contributed by atoms with Crippen molar-refractivity contribution in [3.8, 4) is 0 Å². The Morgan fingerprint density at radius 3 is 2.38 bits per heavy atom. The van der Waals surface area contributed by atoms with Crippen LogP contribution in [0, 0.1) is 5.41 Å². The molecule has 2 rings (SSSR count). The number of nitrogens with zero attached hydrogens (tertiary/aromatic N) is 2. The molecule has 1 aliphatic carbocycles. The highest BCUT2D eigenvalue weighted by atomic mass is 16.6. The summed E-state index contributed by atoms with van der Waals surface area (Å²) < 4.78 is 5.70. The Kier molecular flexibility index (Phi) is 11.0. The molecule has 1 aliphatic heterocycles. The highest BCUT2D eigenvalue weighted by Crippen LogP contribution is 2.38. The van der Waals surface area contributed by atoms with Crippen LogP contribution in [0.15, 0.2) is 75.9 Å². The van der Waals surface area contributed by atoms with Crippen LogP contribution >= 0.6 is 0 Å². The lowest BCUT2D eigenvalue weighted by atomic mass is 9.79. The first-order chi connectivity index (χ1) is 17.3. The summed E-state index contributed by atoms with van der Waals surface area (Å²) in [5.74, 6) is 0. The lowest BCUT2D eigenvalue weighted by Crippen LogP contribution is -2.42. The van der Waals surface area contributed by atoms with Crippen molar-refractivity contribution in [1.82, 2.24) is 4.90 Å². The maximum absolute atomic E-state index is 12.9. The van der Waals surface area contributed by atoms with Crippen molar-refractivity contribution in [3.63, 3.8) is 0 Å². The Morgan fingerprint density at radius 1 is 1.11 bits per heavy atom. The van der Waals surface area contributed by atoms with Gasteiger partial charge in [-0.15, -0.1) is 0 Å². The lowest BCUT2D eigenvalue weighted by Gasteiger charge is -2.35. The normalized spacial score (nSPS) is 21.9. The van der Waals surface area contributed by atoms with Crippen LogP contribution in [0.25, 0.3) is 0 Å². The highest BCUT2D eigenvalue weighted by molar-refractivity contribution is 6.05. The van der Waals surface area contributed by atoms with E-state index in [4.69, 9.17) is 4.74 Å². The van der Waals surface area contributed by atoms with Gasteiger partial charge in [-0.2, -0.15) is 0 Å². The minimum Gasteiger partial charge on any atom is -0.444 e. The second-order valence-electron chi connectivity index (χ2n) is 12.1. The summed E-state index contributed by atoms with van der Waals surface area (Å²) >= 11 is 0. The second-order valence-corrected chi connectivity index (χ2v) is 12.1. The molecule has 0 atom stereocenters. The van der Waals surface area contributed by atoms with E-state index < -0.39 is 5.60 Å². The van der Waals surface area contributed by atoms with Gasteiger partial charge in [0.25, 0.3) is 0 Å². The molecule has 204 valence electrons. The maximum Gasteiger partial charge on any atom is 0.410 e. The van der Waals surface area contributed by atoms with E-state index in [1.54, 1.807) is 0 Å². The monoisotopic (exact) mass is 506 g/mol. The fourth-order valence-corrected chi connectivity index (χ4v) is 5.30. The zero-order valence-electron chi connectivity index (χ0n) is 24.8. The van der Waals surface area contributed by atoms with Crippen molar-refractivity contribution in [3.05, 3.63) is 70.9 Å². The number of hydrogen-bond acceptors (Lipinski definition) is 3. The van der Waals surface area contributed by atoms with E-state index in [1.165, 1.54) is 41.6 Å². The number of hydrogen-bond donors (Lipinski definition) is 0. The number of amides is 1. The number of carbonyl (C=O) groups excluding carboxylic acids is 1. The number of rotatable bonds is 6. The average molecular weight is 507 g/mol. The average Bonchev–Trinajstić information content (AvgIpc) is 3.06. The SMILES string of the molecule is C=C\C=C(C1=CCCCCC1)/C(C(/C)=N\C)=C(C(=C)C)\C1=C/C(C)(C)CN(C(=O)OC(C)(C)C)CCC1. The molecule has 0 N–H and O–H groups in total. The molecule has 0 aromatic rings. The quantitative estimate of drug-likeness (QED) is 0.266. The summed E-state index contributed by atoms with van der Waals surface area (Å²) in [6.45, 7) is 24.1. The predicted molar refractivity (Wildman–Crippen MR) is 159 cm³/mol. The number of ether oxygens (including phenoxy) is 1. The molecule has 0 aromatic heterocycles. The van der Waals surface area contributed by atoms with Crippen molar-refractivity contribution in [1.29, 1.82) is 0 Å². The molecule has 4 nitrogen and oxygen atoms in total. The molecule has 0 aromatic carbocycles. The van der Waals surface area contributed by atoms with Gasteiger partial charge in [0.1, 0.15) is 5.60 Å². The molecule has 0 fully saturated rings. The molecule has 1 amide bonds. The molecule has 0 spiro atoms. The van der Waals surface area contributed by atoms with E-state index in [9.17, 15) is 4.79 Å². The largest absolute Gasteiger partial charge is 0.444 e. The minimum atomic E-state index is -0.507. The van der Waals surface area contributed by atoms with Crippen LogP contribution in [-0.2, 0) is 4.74 Å². The fraction of sp³-hybridized carbons (Fsp3) is 0.576. The van der Waals surface area contributed by atoms with Gasteiger partial charge < -0.3 is 9.64 Å². The summed E-state index contributed by atoms with van der Waals surface area (Å²) in [4.78, 5) is 19.4. The Hall–Kier alpha value is -2.62. The second kappa shape index (κ2) is 13.3. The predicted octanol–water partition coefficient (Wildman–Crippen LogP) is 8.94. The van der Waals surface area contributed by atoms with Crippen molar-refractivity contribution in [2.45, 2.75) is 99.0 Å². The van der Waals surface area contributed by atoms with Crippen molar-refractivity contribution in [2.75, 3.05) is 20.1 Å². The number of aliphatic imine (C=N–C) groups is 1. The molecule has 4 heteroatoms. The highest BCUT2D eigenvalue weighted by Gasteiger charge is 2.31. The Labute approximate surface area is 226 Å². The van der Waals surface area contributed by atoms with Crippen molar-refractivity contribution >= 4 is 11.8 Å². The van der Waals surface area contributed by atoms with Gasteiger partial charge in [-0.3, -0.25) is 4.99 Å². The Balaban J connectivity index is 2.67. The van der Waals surface area contributed by atoms with Gasteiger partial charge >= 0.3 is 6.09 Å². The van der Waals surface area contributed by atoms with E-state index >= 15 is 0 Å². The molecule has 0 saturated heterocycles. The molecule has 0 radical (unpaired) electrons. The zero-order chi connectivity index (χ0) is 27.8. The summed E-state index contributed by atoms with van der Waals surface area (Å²) in [6.07, 6.45) is 16.2. The third kappa shape index (κ3) is 9.02. The van der Waals surface area contributed by atoms with Gasteiger partial charge in [0.05, 0.1) is 0 Å². The maximum atomic E-state index is 12.9. The number of allylic oxidation sites excluding steroid dienone is 9. The van der Waals surface area contributed by atoms with Crippen LogP contribution < -0.4 is 0 Å².